The lowest BCUT2D eigenvalue weighted by Crippen LogP contribution is -2.43. The van der Waals surface area contributed by atoms with Crippen molar-refractivity contribution in [3.05, 3.63) is 29.8 Å². The fourth-order valence-corrected chi connectivity index (χ4v) is 3.41. The number of likely N-dealkylation sites (tertiary alicyclic amines) is 1. The molecule has 1 atom stereocenters. The zero-order valence-electron chi connectivity index (χ0n) is 12.9. The third-order valence-electron chi connectivity index (χ3n) is 4.60. The van der Waals surface area contributed by atoms with Gasteiger partial charge in [-0.3, -0.25) is 9.59 Å². The van der Waals surface area contributed by atoms with Crippen LogP contribution in [0.2, 0.25) is 0 Å². The highest BCUT2D eigenvalue weighted by Crippen LogP contribution is 2.28. The number of rotatable bonds is 4. The predicted molar refractivity (Wildman–Crippen MR) is 84.1 cm³/mol. The Labute approximate surface area is 134 Å². The van der Waals surface area contributed by atoms with E-state index in [0.717, 1.165) is 17.7 Å². The first-order chi connectivity index (χ1) is 11.1. The molecule has 6 nitrogen and oxygen atoms in total. The van der Waals surface area contributed by atoms with E-state index >= 15 is 0 Å². The van der Waals surface area contributed by atoms with E-state index in [4.69, 9.17) is 5.11 Å². The number of fused-ring (bicyclic) bond motifs is 1. The van der Waals surface area contributed by atoms with Gasteiger partial charge in [-0.05, 0) is 30.9 Å². The van der Waals surface area contributed by atoms with E-state index in [1.165, 1.54) is 4.90 Å². The van der Waals surface area contributed by atoms with E-state index in [1.54, 1.807) is 4.90 Å². The van der Waals surface area contributed by atoms with Crippen LogP contribution in [0.4, 0.5) is 5.69 Å². The van der Waals surface area contributed by atoms with E-state index in [0.29, 0.717) is 32.4 Å². The highest BCUT2D eigenvalue weighted by atomic mass is 16.4. The van der Waals surface area contributed by atoms with Crippen molar-refractivity contribution >= 4 is 23.5 Å². The van der Waals surface area contributed by atoms with Crippen molar-refractivity contribution in [3.8, 4) is 0 Å². The van der Waals surface area contributed by atoms with Crippen molar-refractivity contribution in [2.24, 2.45) is 0 Å². The number of aryl methyl sites for hydroxylation is 1. The summed E-state index contributed by atoms with van der Waals surface area (Å²) < 4.78 is 0. The largest absolute Gasteiger partial charge is 0.480 e. The van der Waals surface area contributed by atoms with Gasteiger partial charge in [-0.1, -0.05) is 18.2 Å². The van der Waals surface area contributed by atoms with Crippen molar-refractivity contribution in [1.82, 2.24) is 4.90 Å². The Morgan fingerprint density at radius 3 is 2.78 bits per heavy atom. The summed E-state index contributed by atoms with van der Waals surface area (Å²) in [4.78, 5) is 38.8. The van der Waals surface area contributed by atoms with Crippen LogP contribution in [0.15, 0.2) is 24.3 Å². The van der Waals surface area contributed by atoms with Crippen molar-refractivity contribution in [2.45, 2.75) is 38.1 Å². The van der Waals surface area contributed by atoms with Gasteiger partial charge in [0.2, 0.25) is 11.8 Å². The summed E-state index contributed by atoms with van der Waals surface area (Å²) in [6, 6.07) is 7.00. The number of carboxylic acid groups (broad SMARTS) is 1. The highest BCUT2D eigenvalue weighted by molar-refractivity contribution is 5.97. The second-order valence-electron chi connectivity index (χ2n) is 6.01. The van der Waals surface area contributed by atoms with Crippen LogP contribution < -0.4 is 4.90 Å². The third-order valence-corrected chi connectivity index (χ3v) is 4.60. The SMILES string of the molecule is O=C(O)C1CCCN1C(=O)CCN1C(=O)CCc2ccccc21. The van der Waals surface area contributed by atoms with E-state index < -0.39 is 12.0 Å². The van der Waals surface area contributed by atoms with E-state index in [2.05, 4.69) is 0 Å². The first kappa shape index (κ1) is 15.5. The normalized spacial score (nSPS) is 20.5. The number of aliphatic carboxylic acids is 1. The predicted octanol–water partition coefficient (Wildman–Crippen LogP) is 1.43. The number of anilines is 1. The number of carbonyl (C=O) groups excluding carboxylic acids is 2. The van der Waals surface area contributed by atoms with Crippen LogP contribution in [0, 0.1) is 0 Å². The molecular formula is C17H20N2O4. The van der Waals surface area contributed by atoms with Gasteiger partial charge in [0.05, 0.1) is 0 Å². The summed E-state index contributed by atoms with van der Waals surface area (Å²) in [6.45, 7) is 0.790. The number of para-hydroxylation sites is 1. The van der Waals surface area contributed by atoms with Gasteiger partial charge in [0.1, 0.15) is 6.04 Å². The molecule has 1 aromatic carbocycles. The van der Waals surface area contributed by atoms with Gasteiger partial charge in [0, 0.05) is 31.6 Å². The lowest BCUT2D eigenvalue weighted by molar-refractivity contribution is -0.148. The molecule has 0 radical (unpaired) electrons. The molecule has 0 spiro atoms. The molecule has 1 N–H and O–H groups in total. The molecule has 1 fully saturated rings. The lowest BCUT2D eigenvalue weighted by Gasteiger charge is -2.30. The average Bonchev–Trinajstić information content (AvgIpc) is 3.03. The minimum absolute atomic E-state index is 0.0210. The number of carbonyl (C=O) groups is 3. The molecule has 0 bridgehead atoms. The Bertz CT molecular complexity index is 643. The van der Waals surface area contributed by atoms with Gasteiger partial charge < -0.3 is 14.9 Å². The monoisotopic (exact) mass is 316 g/mol. The van der Waals surface area contributed by atoms with Crippen molar-refractivity contribution in [3.63, 3.8) is 0 Å². The van der Waals surface area contributed by atoms with Gasteiger partial charge in [0.25, 0.3) is 0 Å². The Hall–Kier alpha value is -2.37. The topological polar surface area (TPSA) is 77.9 Å². The fraction of sp³-hybridized carbons (Fsp3) is 0.471. The maximum atomic E-state index is 12.3. The summed E-state index contributed by atoms with van der Waals surface area (Å²) in [6.07, 6.45) is 2.56. The average molecular weight is 316 g/mol. The number of hydrogen-bond donors (Lipinski definition) is 1. The second-order valence-corrected chi connectivity index (χ2v) is 6.01. The van der Waals surface area contributed by atoms with Crippen LogP contribution >= 0.6 is 0 Å². The van der Waals surface area contributed by atoms with E-state index in [-0.39, 0.29) is 18.2 Å². The summed E-state index contributed by atoms with van der Waals surface area (Å²) in [5, 5.41) is 9.16. The van der Waals surface area contributed by atoms with Crippen LogP contribution in [-0.2, 0) is 20.8 Å². The molecule has 0 saturated carbocycles. The lowest BCUT2D eigenvalue weighted by atomic mass is 10.0. The van der Waals surface area contributed by atoms with Crippen molar-refractivity contribution in [2.75, 3.05) is 18.0 Å². The minimum Gasteiger partial charge on any atom is -0.480 e. The quantitative estimate of drug-likeness (QED) is 0.911. The van der Waals surface area contributed by atoms with Gasteiger partial charge in [-0.15, -0.1) is 0 Å². The molecule has 2 heterocycles. The summed E-state index contributed by atoms with van der Waals surface area (Å²) in [5.41, 5.74) is 1.98. The number of carboxylic acids is 1. The van der Waals surface area contributed by atoms with Crippen LogP contribution in [0.3, 0.4) is 0 Å². The fourth-order valence-electron chi connectivity index (χ4n) is 3.41. The maximum Gasteiger partial charge on any atom is 0.326 e. The first-order valence-electron chi connectivity index (χ1n) is 7.98. The van der Waals surface area contributed by atoms with Crippen LogP contribution in [0.1, 0.15) is 31.2 Å². The first-order valence-corrected chi connectivity index (χ1v) is 7.98. The molecule has 2 aliphatic rings. The third kappa shape index (κ3) is 3.06. The van der Waals surface area contributed by atoms with Crippen molar-refractivity contribution in [1.29, 1.82) is 0 Å². The molecule has 23 heavy (non-hydrogen) atoms. The van der Waals surface area contributed by atoms with Gasteiger partial charge >= 0.3 is 5.97 Å². The second kappa shape index (κ2) is 6.40. The van der Waals surface area contributed by atoms with Crippen molar-refractivity contribution < 1.29 is 19.5 Å². The molecule has 1 aromatic rings. The molecule has 2 amide bonds. The van der Waals surface area contributed by atoms with Gasteiger partial charge in [0.15, 0.2) is 0 Å². The number of benzene rings is 1. The molecule has 6 heteroatoms. The van der Waals surface area contributed by atoms with E-state index in [9.17, 15) is 14.4 Å². The molecule has 3 rings (SSSR count). The zero-order chi connectivity index (χ0) is 16.4. The summed E-state index contributed by atoms with van der Waals surface area (Å²) in [5.74, 6) is -1.12. The van der Waals surface area contributed by atoms with Gasteiger partial charge in [-0.2, -0.15) is 0 Å². The standard InChI is InChI=1S/C17H20N2O4/c20-15-8-7-12-4-1-2-5-13(12)19(15)11-9-16(21)18-10-3-6-14(18)17(22)23/h1-2,4-5,14H,3,6-11H2,(H,22,23). The Morgan fingerprint density at radius 2 is 2.00 bits per heavy atom. The molecule has 1 saturated heterocycles. The highest BCUT2D eigenvalue weighted by Gasteiger charge is 2.34. The molecule has 0 aliphatic carbocycles. The zero-order valence-corrected chi connectivity index (χ0v) is 12.9. The van der Waals surface area contributed by atoms with Gasteiger partial charge in [-0.25, -0.2) is 4.79 Å². The number of amides is 2. The molecule has 1 unspecified atom stereocenters. The molecular weight excluding hydrogens is 296 g/mol. The van der Waals surface area contributed by atoms with Crippen LogP contribution in [0.5, 0.6) is 0 Å². The summed E-state index contributed by atoms with van der Waals surface area (Å²) in [7, 11) is 0. The Morgan fingerprint density at radius 1 is 1.22 bits per heavy atom. The van der Waals surface area contributed by atoms with E-state index in [1.807, 2.05) is 24.3 Å². The number of hydrogen-bond acceptors (Lipinski definition) is 3. The smallest absolute Gasteiger partial charge is 0.326 e. The number of nitrogens with zero attached hydrogens (tertiary/aromatic N) is 2. The van der Waals surface area contributed by atoms with Crippen LogP contribution in [0.25, 0.3) is 0 Å². The van der Waals surface area contributed by atoms with Crippen LogP contribution in [-0.4, -0.2) is 46.9 Å². The molecule has 0 aromatic heterocycles. The minimum atomic E-state index is -0.949. The maximum absolute atomic E-state index is 12.3. The summed E-state index contributed by atoms with van der Waals surface area (Å²) >= 11 is 0. The Kier molecular flexibility index (Phi) is 4.32. The molecule has 2 aliphatic heterocycles. The Balaban J connectivity index is 1.67. The molecule has 122 valence electrons.